The van der Waals surface area contributed by atoms with Gasteiger partial charge in [0.2, 0.25) is 11.5 Å². The van der Waals surface area contributed by atoms with Crippen molar-refractivity contribution in [3.63, 3.8) is 0 Å². The van der Waals surface area contributed by atoms with Gasteiger partial charge < -0.3 is 9.26 Å². The highest BCUT2D eigenvalue weighted by atomic mass is 16.5. The molecule has 1 aromatic heterocycles. The highest BCUT2D eigenvalue weighted by Crippen LogP contribution is 2.28. The van der Waals surface area contributed by atoms with Crippen LogP contribution in [-0.2, 0) is 6.42 Å². The van der Waals surface area contributed by atoms with Crippen LogP contribution in [0.1, 0.15) is 49.2 Å². The molecule has 0 N–H and O–H groups in total. The van der Waals surface area contributed by atoms with Gasteiger partial charge in [0.15, 0.2) is 0 Å². The Bertz CT molecular complexity index is 368. The predicted octanol–water partition coefficient (Wildman–Crippen LogP) is 2.37. The molecule has 15 heavy (non-hydrogen) atoms. The summed E-state index contributed by atoms with van der Waals surface area (Å²) in [5.41, 5.74) is 0.853. The number of nitrogens with zero attached hydrogens (tertiary/aromatic N) is 1. The topological polar surface area (TPSA) is 52.3 Å². The number of hydrogen-bond acceptors (Lipinski definition) is 4. The molecule has 0 spiro atoms. The summed E-state index contributed by atoms with van der Waals surface area (Å²) in [5.74, 6) is 0.951. The second-order valence-corrected chi connectivity index (χ2v) is 4.09. The van der Waals surface area contributed by atoms with Gasteiger partial charge >= 0.3 is 0 Å². The fraction of sp³-hybridized carbons (Fsp3) is 0.636. The molecule has 2 rings (SSSR count). The molecule has 0 aliphatic heterocycles. The zero-order chi connectivity index (χ0) is 10.8. The van der Waals surface area contributed by atoms with Gasteiger partial charge in [-0.3, -0.25) is 4.79 Å². The van der Waals surface area contributed by atoms with Gasteiger partial charge in [-0.05, 0) is 38.3 Å². The minimum atomic E-state index is 0.0496. The van der Waals surface area contributed by atoms with E-state index < -0.39 is 0 Å². The zero-order valence-corrected chi connectivity index (χ0v) is 9.08. The Morgan fingerprint density at radius 2 is 2.07 bits per heavy atom. The van der Waals surface area contributed by atoms with Crippen LogP contribution in [0, 0.1) is 0 Å². The predicted molar refractivity (Wildman–Crippen MR) is 54.2 cm³/mol. The molecule has 1 aliphatic rings. The van der Waals surface area contributed by atoms with Crippen LogP contribution in [0.2, 0.25) is 0 Å². The molecule has 1 aliphatic carbocycles. The molecular formula is C11H15NO3. The maximum atomic E-state index is 11.6. The van der Waals surface area contributed by atoms with Crippen molar-refractivity contribution in [2.75, 3.05) is 0 Å². The Hall–Kier alpha value is -1.32. The summed E-state index contributed by atoms with van der Waals surface area (Å²) in [6, 6.07) is 0. The van der Waals surface area contributed by atoms with E-state index in [1.807, 2.05) is 13.8 Å². The summed E-state index contributed by atoms with van der Waals surface area (Å²) < 4.78 is 10.6. The Kier molecular flexibility index (Phi) is 2.75. The van der Waals surface area contributed by atoms with E-state index >= 15 is 0 Å². The van der Waals surface area contributed by atoms with Crippen molar-refractivity contribution in [2.45, 2.75) is 45.6 Å². The largest absolute Gasteiger partial charge is 0.473 e. The van der Waals surface area contributed by atoms with E-state index in [-0.39, 0.29) is 11.9 Å². The minimum absolute atomic E-state index is 0.0496. The van der Waals surface area contributed by atoms with E-state index in [1.165, 1.54) is 0 Å². The van der Waals surface area contributed by atoms with Crippen molar-refractivity contribution in [3.05, 3.63) is 11.3 Å². The number of ketones is 1. The molecule has 1 heterocycles. The van der Waals surface area contributed by atoms with Crippen LogP contribution >= 0.6 is 0 Å². The van der Waals surface area contributed by atoms with Crippen molar-refractivity contribution < 1.29 is 14.1 Å². The summed E-state index contributed by atoms with van der Waals surface area (Å²) in [4.78, 5) is 11.6. The molecule has 0 fully saturated rings. The highest BCUT2D eigenvalue weighted by molar-refractivity contribution is 5.95. The first-order valence-corrected chi connectivity index (χ1v) is 5.37. The molecule has 0 aromatic carbocycles. The third kappa shape index (κ3) is 2.03. The van der Waals surface area contributed by atoms with E-state index in [9.17, 15) is 4.79 Å². The number of hydrogen-bond donors (Lipinski definition) is 0. The van der Waals surface area contributed by atoms with Crippen LogP contribution < -0.4 is 4.74 Å². The molecule has 0 saturated carbocycles. The van der Waals surface area contributed by atoms with E-state index in [4.69, 9.17) is 9.26 Å². The second-order valence-electron chi connectivity index (χ2n) is 4.09. The van der Waals surface area contributed by atoms with Gasteiger partial charge in [0.05, 0.1) is 11.7 Å². The maximum Gasteiger partial charge on any atom is 0.258 e. The highest BCUT2D eigenvalue weighted by Gasteiger charge is 2.25. The van der Waals surface area contributed by atoms with E-state index in [0.717, 1.165) is 24.8 Å². The number of aromatic nitrogens is 1. The summed E-state index contributed by atoms with van der Waals surface area (Å²) in [6.45, 7) is 3.86. The molecular weight excluding hydrogens is 194 g/mol. The van der Waals surface area contributed by atoms with E-state index in [0.29, 0.717) is 18.1 Å². The molecule has 1 aromatic rings. The standard InChI is InChI=1S/C11H15NO3/c1-7(2)14-11-8-5-3-4-6-9(13)10(8)15-12-11/h7H,3-6H2,1-2H3. The van der Waals surface area contributed by atoms with Gasteiger partial charge in [0, 0.05) is 6.42 Å². The van der Waals surface area contributed by atoms with Crippen molar-refractivity contribution >= 4 is 5.78 Å². The molecule has 0 bridgehead atoms. The fourth-order valence-corrected chi connectivity index (χ4v) is 1.75. The lowest BCUT2D eigenvalue weighted by Crippen LogP contribution is -2.07. The summed E-state index contributed by atoms with van der Waals surface area (Å²) >= 11 is 0. The fourth-order valence-electron chi connectivity index (χ4n) is 1.75. The van der Waals surface area contributed by atoms with Crippen LogP contribution in [0.15, 0.2) is 4.52 Å². The third-order valence-electron chi connectivity index (χ3n) is 2.43. The second kappa shape index (κ2) is 4.04. The molecule has 0 atom stereocenters. The number of rotatable bonds is 2. The first-order valence-electron chi connectivity index (χ1n) is 5.37. The van der Waals surface area contributed by atoms with Gasteiger partial charge in [-0.2, -0.15) is 0 Å². The molecule has 0 saturated heterocycles. The van der Waals surface area contributed by atoms with Gasteiger partial charge in [-0.1, -0.05) is 0 Å². The van der Waals surface area contributed by atoms with E-state index in [2.05, 4.69) is 5.16 Å². The van der Waals surface area contributed by atoms with Crippen LogP contribution in [0.4, 0.5) is 0 Å². The van der Waals surface area contributed by atoms with Crippen LogP contribution in [-0.4, -0.2) is 17.0 Å². The average Bonchev–Trinajstić information content (AvgIpc) is 2.45. The third-order valence-corrected chi connectivity index (χ3v) is 2.43. The van der Waals surface area contributed by atoms with Crippen LogP contribution in [0.25, 0.3) is 0 Å². The molecule has 0 radical (unpaired) electrons. The zero-order valence-electron chi connectivity index (χ0n) is 9.08. The van der Waals surface area contributed by atoms with Crippen molar-refractivity contribution in [2.24, 2.45) is 0 Å². The monoisotopic (exact) mass is 209 g/mol. The Morgan fingerprint density at radius 3 is 2.80 bits per heavy atom. The first-order chi connectivity index (χ1) is 7.18. The number of fused-ring (bicyclic) bond motifs is 1. The lowest BCUT2D eigenvalue weighted by Gasteiger charge is -2.06. The molecule has 4 heteroatoms. The molecule has 0 amide bonds. The molecule has 4 nitrogen and oxygen atoms in total. The number of ether oxygens (including phenoxy) is 1. The number of carbonyl (C=O) groups is 1. The van der Waals surface area contributed by atoms with Gasteiger partial charge in [-0.15, -0.1) is 0 Å². The van der Waals surface area contributed by atoms with Gasteiger partial charge in [0.25, 0.3) is 5.88 Å². The summed E-state index contributed by atoms with van der Waals surface area (Å²) in [6.07, 6.45) is 3.35. The van der Waals surface area contributed by atoms with Crippen molar-refractivity contribution in [3.8, 4) is 5.88 Å². The summed E-state index contributed by atoms with van der Waals surface area (Å²) in [5, 5.41) is 3.81. The number of Topliss-reactive ketones (excluding diaryl/α,β-unsaturated/α-hetero) is 1. The quantitative estimate of drug-likeness (QED) is 0.702. The minimum Gasteiger partial charge on any atom is -0.473 e. The average molecular weight is 209 g/mol. The summed E-state index contributed by atoms with van der Waals surface area (Å²) in [7, 11) is 0. The molecule has 82 valence electrons. The lowest BCUT2D eigenvalue weighted by molar-refractivity contribution is 0.0945. The Morgan fingerprint density at radius 1 is 1.33 bits per heavy atom. The maximum absolute atomic E-state index is 11.6. The van der Waals surface area contributed by atoms with Crippen molar-refractivity contribution in [1.29, 1.82) is 0 Å². The van der Waals surface area contributed by atoms with Crippen LogP contribution in [0.3, 0.4) is 0 Å². The van der Waals surface area contributed by atoms with Crippen LogP contribution in [0.5, 0.6) is 5.88 Å². The number of carbonyl (C=O) groups excluding carboxylic acids is 1. The van der Waals surface area contributed by atoms with Gasteiger partial charge in [0.1, 0.15) is 0 Å². The van der Waals surface area contributed by atoms with Crippen molar-refractivity contribution in [1.82, 2.24) is 5.16 Å². The first kappa shape index (κ1) is 10.2. The van der Waals surface area contributed by atoms with Gasteiger partial charge in [-0.25, -0.2) is 0 Å². The molecule has 0 unspecified atom stereocenters. The van der Waals surface area contributed by atoms with E-state index in [1.54, 1.807) is 0 Å². The normalized spacial score (nSPS) is 16.3. The smallest absolute Gasteiger partial charge is 0.258 e. The SMILES string of the molecule is CC(C)Oc1noc2c1CCCCC2=O. The lowest BCUT2D eigenvalue weighted by atomic mass is 10.1. The Labute approximate surface area is 88.6 Å². The Balaban J connectivity index is 2.31.